The maximum atomic E-state index is 13.8. The molecule has 1 saturated heterocycles. The minimum atomic E-state index is -0.342. The standard InChI is InChI=1S/C39H43N7O5/c1-23(2)51-34-18-31-28(17-33(34)42-38(49)32-19-41-46-14-3-13-40-36(32)46)22-45(39(31)50)29-8-4-24(5-9-29)20-44-15-12-25-16-26(6-7-27(25)21-44)30-10-11-35(47)43-37(30)48/h3,6-7,13-14,16-19,23-24,29-30H,4-5,8-12,15,20-22H2,1-2H3,(H,42,49)(H,43,47,48)/t24-,29-,30?. The third kappa shape index (κ3) is 6.60. The van der Waals surface area contributed by atoms with E-state index in [-0.39, 0.29) is 41.7 Å². The smallest absolute Gasteiger partial charge is 0.261 e. The van der Waals surface area contributed by atoms with E-state index in [1.165, 1.54) is 17.3 Å². The van der Waals surface area contributed by atoms with Crippen molar-refractivity contribution < 1.29 is 23.9 Å². The molecule has 0 bridgehead atoms. The van der Waals surface area contributed by atoms with Crippen LogP contribution in [0.3, 0.4) is 0 Å². The monoisotopic (exact) mass is 689 g/mol. The van der Waals surface area contributed by atoms with Gasteiger partial charge in [-0.05, 0) is 98.7 Å². The van der Waals surface area contributed by atoms with E-state index < -0.39 is 0 Å². The Kier molecular flexibility index (Phi) is 8.79. The fourth-order valence-electron chi connectivity index (χ4n) is 8.31. The van der Waals surface area contributed by atoms with Crippen LogP contribution in [0.25, 0.3) is 5.65 Å². The first kappa shape index (κ1) is 33.1. The Balaban J connectivity index is 0.887. The molecule has 0 spiro atoms. The average Bonchev–Trinajstić information content (AvgIpc) is 3.69. The van der Waals surface area contributed by atoms with Gasteiger partial charge in [-0.15, -0.1) is 0 Å². The number of piperidine rings is 1. The number of imide groups is 1. The quantitative estimate of drug-likeness (QED) is 0.250. The molecule has 12 heteroatoms. The summed E-state index contributed by atoms with van der Waals surface area (Å²) < 4.78 is 7.66. The maximum absolute atomic E-state index is 13.8. The average molecular weight is 690 g/mol. The number of nitrogens with zero attached hydrogens (tertiary/aromatic N) is 5. The van der Waals surface area contributed by atoms with Gasteiger partial charge in [-0.25, -0.2) is 9.50 Å². The Labute approximate surface area is 296 Å². The summed E-state index contributed by atoms with van der Waals surface area (Å²) in [7, 11) is 0. The Morgan fingerprint density at radius 2 is 1.84 bits per heavy atom. The van der Waals surface area contributed by atoms with Crippen molar-refractivity contribution in [2.24, 2.45) is 5.92 Å². The molecule has 0 radical (unpaired) electrons. The van der Waals surface area contributed by atoms with Gasteiger partial charge < -0.3 is 15.0 Å². The molecule has 2 aromatic carbocycles. The fourth-order valence-corrected chi connectivity index (χ4v) is 8.31. The van der Waals surface area contributed by atoms with Crippen molar-refractivity contribution in [1.82, 2.24) is 29.7 Å². The van der Waals surface area contributed by atoms with Crippen molar-refractivity contribution in [2.45, 2.75) is 89.9 Å². The van der Waals surface area contributed by atoms with Crippen LogP contribution in [0.1, 0.15) is 101 Å². The molecule has 5 heterocycles. The lowest BCUT2D eigenvalue weighted by Crippen LogP contribution is -2.41. The summed E-state index contributed by atoms with van der Waals surface area (Å²) in [5, 5.41) is 9.72. The summed E-state index contributed by atoms with van der Waals surface area (Å²) in [6.07, 6.45) is 10.7. The van der Waals surface area contributed by atoms with Crippen molar-refractivity contribution >= 4 is 35.0 Å². The van der Waals surface area contributed by atoms with E-state index in [4.69, 9.17) is 4.74 Å². The Hall–Kier alpha value is -5.10. The molecule has 3 aliphatic heterocycles. The number of aromatic nitrogens is 3. The minimum Gasteiger partial charge on any atom is -0.489 e. The van der Waals surface area contributed by atoms with Gasteiger partial charge in [0.15, 0.2) is 5.65 Å². The second-order valence-electron chi connectivity index (χ2n) is 14.7. The molecule has 1 saturated carbocycles. The molecule has 51 heavy (non-hydrogen) atoms. The number of amides is 4. The normalized spacial score (nSPS) is 22.2. The number of hydrogen-bond donors (Lipinski definition) is 2. The Morgan fingerprint density at radius 3 is 2.65 bits per heavy atom. The molecule has 4 aliphatic rings. The van der Waals surface area contributed by atoms with E-state index >= 15 is 0 Å². The molecule has 2 aromatic heterocycles. The predicted octanol–water partition coefficient (Wildman–Crippen LogP) is 4.86. The number of nitrogens with one attached hydrogen (secondary N) is 2. The lowest BCUT2D eigenvalue weighted by atomic mass is 9.84. The van der Waals surface area contributed by atoms with Crippen molar-refractivity contribution in [2.75, 3.05) is 18.4 Å². The van der Waals surface area contributed by atoms with Crippen LogP contribution >= 0.6 is 0 Å². The molecule has 4 amide bonds. The van der Waals surface area contributed by atoms with Gasteiger partial charge >= 0.3 is 0 Å². The molecule has 8 rings (SSSR count). The molecule has 1 aliphatic carbocycles. The van der Waals surface area contributed by atoms with Crippen molar-refractivity contribution in [3.05, 3.63) is 88.4 Å². The van der Waals surface area contributed by atoms with Gasteiger partial charge in [0, 0.05) is 56.6 Å². The van der Waals surface area contributed by atoms with Gasteiger partial charge in [0.1, 0.15) is 11.3 Å². The topological polar surface area (TPSA) is 138 Å². The van der Waals surface area contributed by atoms with Crippen LogP contribution in [-0.2, 0) is 29.1 Å². The van der Waals surface area contributed by atoms with Gasteiger partial charge in [0.05, 0.1) is 23.9 Å². The lowest BCUT2D eigenvalue weighted by Gasteiger charge is -2.38. The lowest BCUT2D eigenvalue weighted by molar-refractivity contribution is -0.134. The number of carbonyl (C=O) groups excluding carboxylic acids is 4. The van der Waals surface area contributed by atoms with Crippen LogP contribution in [0, 0.1) is 5.92 Å². The van der Waals surface area contributed by atoms with E-state index in [1.54, 1.807) is 29.0 Å². The zero-order valence-electron chi connectivity index (χ0n) is 29.1. The van der Waals surface area contributed by atoms with Crippen LogP contribution in [0.5, 0.6) is 5.75 Å². The first-order chi connectivity index (χ1) is 24.7. The van der Waals surface area contributed by atoms with E-state index in [0.29, 0.717) is 53.5 Å². The second kappa shape index (κ2) is 13.6. The molecule has 12 nitrogen and oxygen atoms in total. The highest BCUT2D eigenvalue weighted by molar-refractivity contribution is 6.09. The fraction of sp³-hybridized carbons (Fsp3) is 0.436. The molecule has 1 atom stereocenters. The van der Waals surface area contributed by atoms with Gasteiger partial charge in [-0.1, -0.05) is 18.2 Å². The van der Waals surface area contributed by atoms with Crippen LogP contribution < -0.4 is 15.4 Å². The van der Waals surface area contributed by atoms with E-state index in [2.05, 4.69) is 43.8 Å². The second-order valence-corrected chi connectivity index (χ2v) is 14.7. The van der Waals surface area contributed by atoms with Crippen LogP contribution in [-0.4, -0.2) is 73.3 Å². The van der Waals surface area contributed by atoms with Gasteiger partial charge in [0.2, 0.25) is 11.8 Å². The number of hydrogen-bond acceptors (Lipinski definition) is 8. The van der Waals surface area contributed by atoms with Crippen molar-refractivity contribution in [3.8, 4) is 5.75 Å². The summed E-state index contributed by atoms with van der Waals surface area (Å²) >= 11 is 0. The van der Waals surface area contributed by atoms with Crippen LogP contribution in [0.2, 0.25) is 0 Å². The summed E-state index contributed by atoms with van der Waals surface area (Å²) in [4.78, 5) is 60.0. The molecule has 2 N–H and O–H groups in total. The zero-order chi connectivity index (χ0) is 35.2. The molecular weight excluding hydrogens is 646 g/mol. The third-order valence-electron chi connectivity index (χ3n) is 10.9. The Morgan fingerprint density at radius 1 is 1.00 bits per heavy atom. The van der Waals surface area contributed by atoms with Gasteiger partial charge in [-0.2, -0.15) is 5.10 Å². The van der Waals surface area contributed by atoms with Gasteiger partial charge in [0.25, 0.3) is 11.8 Å². The SMILES string of the molecule is CC(C)Oc1cc2c(cc1NC(=O)c1cnn3cccnc13)CN([C@H]1CC[C@H](CN3CCc4cc(C5CCC(=O)NC5=O)ccc4C3)CC1)C2=O. The third-order valence-corrected chi connectivity index (χ3v) is 10.9. The highest BCUT2D eigenvalue weighted by Gasteiger charge is 2.37. The Bertz CT molecular complexity index is 2030. The number of anilines is 1. The molecule has 2 fully saturated rings. The predicted molar refractivity (Wildman–Crippen MR) is 189 cm³/mol. The minimum absolute atomic E-state index is 0.0241. The molecular formula is C39H43N7O5. The van der Waals surface area contributed by atoms with E-state index in [1.807, 2.05) is 24.8 Å². The number of carbonyl (C=O) groups is 4. The molecule has 264 valence electrons. The zero-order valence-corrected chi connectivity index (χ0v) is 29.1. The summed E-state index contributed by atoms with van der Waals surface area (Å²) in [5.41, 5.74) is 6.50. The van der Waals surface area contributed by atoms with E-state index in [9.17, 15) is 19.2 Å². The summed E-state index contributed by atoms with van der Waals surface area (Å²) in [5.74, 6) is 0.111. The molecule has 4 aromatic rings. The van der Waals surface area contributed by atoms with E-state index in [0.717, 1.165) is 62.9 Å². The van der Waals surface area contributed by atoms with Crippen LogP contribution in [0.15, 0.2) is 55.0 Å². The number of benzene rings is 2. The largest absolute Gasteiger partial charge is 0.489 e. The number of fused-ring (bicyclic) bond motifs is 3. The van der Waals surface area contributed by atoms with Crippen LogP contribution in [0.4, 0.5) is 5.69 Å². The number of rotatable bonds is 8. The first-order valence-electron chi connectivity index (χ1n) is 18.1. The van der Waals surface area contributed by atoms with Crippen molar-refractivity contribution in [1.29, 1.82) is 0 Å². The highest BCUT2D eigenvalue weighted by atomic mass is 16.5. The van der Waals surface area contributed by atoms with Gasteiger partial charge in [-0.3, -0.25) is 29.4 Å². The first-order valence-corrected chi connectivity index (χ1v) is 18.1. The summed E-state index contributed by atoms with van der Waals surface area (Å²) in [6.45, 7) is 7.27. The molecule has 1 unspecified atom stereocenters. The highest BCUT2D eigenvalue weighted by Crippen LogP contribution is 2.39. The summed E-state index contributed by atoms with van der Waals surface area (Å²) in [6, 6.07) is 12.0. The number of ether oxygens (including phenoxy) is 1. The van der Waals surface area contributed by atoms with Crippen molar-refractivity contribution in [3.63, 3.8) is 0 Å². The maximum Gasteiger partial charge on any atom is 0.261 e.